The van der Waals surface area contributed by atoms with Gasteiger partial charge in [0.05, 0.1) is 19.0 Å². The lowest BCUT2D eigenvalue weighted by Gasteiger charge is -2.22. The lowest BCUT2D eigenvalue weighted by Crippen LogP contribution is -2.33. The van der Waals surface area contributed by atoms with Crippen LogP contribution in [0.25, 0.3) is 11.3 Å². The van der Waals surface area contributed by atoms with Crippen LogP contribution in [0, 0.1) is 5.92 Å². The van der Waals surface area contributed by atoms with E-state index in [2.05, 4.69) is 25.7 Å². The summed E-state index contributed by atoms with van der Waals surface area (Å²) >= 11 is 0. The van der Waals surface area contributed by atoms with Gasteiger partial charge in [-0.25, -0.2) is 0 Å². The van der Waals surface area contributed by atoms with Crippen molar-refractivity contribution in [2.45, 2.75) is 38.8 Å². The van der Waals surface area contributed by atoms with E-state index in [0.29, 0.717) is 39.0 Å². The molecule has 0 spiro atoms. The Morgan fingerprint density at radius 2 is 1.92 bits per heavy atom. The largest absolute Gasteiger partial charge is 0.497 e. The van der Waals surface area contributed by atoms with Crippen LogP contribution < -0.4 is 15.4 Å². The first-order chi connectivity index (χ1) is 17.6. The Kier molecular flexibility index (Phi) is 9.10. The summed E-state index contributed by atoms with van der Waals surface area (Å²) in [5.74, 6) is 0.751. The molecule has 2 amide bonds. The van der Waals surface area contributed by atoms with Gasteiger partial charge in [0.1, 0.15) is 5.75 Å². The highest BCUT2D eigenvalue weighted by Gasteiger charge is 2.21. The number of methoxy groups -OCH3 is 1. The monoisotopic (exact) mass is 489 g/mol. The summed E-state index contributed by atoms with van der Waals surface area (Å²) in [5.41, 5.74) is 4.16. The molecule has 4 rings (SSSR count). The third-order valence-electron chi connectivity index (χ3n) is 6.67. The molecule has 3 aromatic rings. The van der Waals surface area contributed by atoms with Crippen molar-refractivity contribution in [1.29, 1.82) is 0 Å². The Morgan fingerprint density at radius 1 is 1.11 bits per heavy atom. The molecule has 3 N–H and O–H groups in total. The predicted molar refractivity (Wildman–Crippen MR) is 139 cm³/mol. The average Bonchev–Trinajstić information content (AvgIpc) is 3.36. The van der Waals surface area contributed by atoms with Gasteiger partial charge in [0.2, 0.25) is 11.8 Å². The van der Waals surface area contributed by atoms with Crippen LogP contribution in [0.3, 0.4) is 0 Å². The Hall–Kier alpha value is -3.65. The van der Waals surface area contributed by atoms with Crippen LogP contribution in [-0.2, 0) is 22.7 Å². The molecule has 1 atom stereocenters. The Morgan fingerprint density at radius 3 is 2.69 bits per heavy atom. The Balaban J connectivity index is 1.38. The average molecular weight is 490 g/mol. The van der Waals surface area contributed by atoms with E-state index >= 15 is 0 Å². The fourth-order valence-electron chi connectivity index (χ4n) is 4.58. The van der Waals surface area contributed by atoms with Crippen molar-refractivity contribution in [3.05, 3.63) is 71.9 Å². The Labute approximate surface area is 212 Å². The third-order valence-corrected chi connectivity index (χ3v) is 6.67. The molecule has 0 radical (unpaired) electrons. The van der Waals surface area contributed by atoms with Gasteiger partial charge in [0.25, 0.3) is 0 Å². The second-order valence-electron chi connectivity index (χ2n) is 9.21. The summed E-state index contributed by atoms with van der Waals surface area (Å²) in [5, 5.41) is 13.5. The maximum Gasteiger partial charge on any atom is 0.223 e. The summed E-state index contributed by atoms with van der Waals surface area (Å²) in [4.78, 5) is 27.6. The molecule has 0 saturated carbocycles. The topological polar surface area (TPSA) is 99.3 Å². The second kappa shape index (κ2) is 12.9. The zero-order valence-electron chi connectivity index (χ0n) is 20.8. The van der Waals surface area contributed by atoms with Gasteiger partial charge in [0, 0.05) is 49.6 Å². The predicted octanol–water partition coefficient (Wildman–Crippen LogP) is 3.51. The summed E-state index contributed by atoms with van der Waals surface area (Å²) < 4.78 is 5.27. The van der Waals surface area contributed by atoms with Gasteiger partial charge >= 0.3 is 0 Å². The van der Waals surface area contributed by atoms with Gasteiger partial charge in [-0.3, -0.25) is 19.6 Å². The van der Waals surface area contributed by atoms with Crippen LogP contribution in [0.2, 0.25) is 0 Å². The molecule has 36 heavy (non-hydrogen) atoms. The van der Waals surface area contributed by atoms with E-state index in [-0.39, 0.29) is 17.7 Å². The number of H-pyrrole nitrogens is 1. The molecule has 1 aliphatic heterocycles. The van der Waals surface area contributed by atoms with Crippen LogP contribution in [0.1, 0.15) is 36.8 Å². The standard InChI is InChI=1S/C28H35N5O3/c1-36-25-11-9-22(10-12-25)27-24(19-31-32-27)20-33-16-5-8-23(13-15-29-26(34)14-17-33)28(35)30-18-21-6-3-2-4-7-21/h2-4,6-7,9-12,19,23H,5,8,13-18,20H2,1H3,(H,29,34)(H,30,35)(H,31,32). The van der Waals surface area contributed by atoms with Gasteiger partial charge in [0.15, 0.2) is 0 Å². The number of nitrogens with one attached hydrogen (secondary N) is 3. The smallest absolute Gasteiger partial charge is 0.223 e. The molecule has 1 saturated heterocycles. The maximum atomic E-state index is 12.9. The highest BCUT2D eigenvalue weighted by Crippen LogP contribution is 2.25. The van der Waals surface area contributed by atoms with Crippen molar-refractivity contribution >= 4 is 11.8 Å². The van der Waals surface area contributed by atoms with Gasteiger partial charge in [-0.1, -0.05) is 30.3 Å². The van der Waals surface area contributed by atoms with E-state index in [1.54, 1.807) is 7.11 Å². The quantitative estimate of drug-likeness (QED) is 0.472. The second-order valence-corrected chi connectivity index (χ2v) is 9.21. The molecule has 1 aromatic heterocycles. The fraction of sp³-hybridized carbons (Fsp3) is 0.393. The molecule has 8 heteroatoms. The lowest BCUT2D eigenvalue weighted by molar-refractivity contribution is -0.126. The van der Waals surface area contributed by atoms with Crippen molar-refractivity contribution in [3.8, 4) is 17.0 Å². The van der Waals surface area contributed by atoms with Gasteiger partial charge in [-0.2, -0.15) is 5.10 Å². The fourth-order valence-corrected chi connectivity index (χ4v) is 4.58. The molecule has 2 heterocycles. The van der Waals surface area contributed by atoms with E-state index < -0.39 is 0 Å². The molecule has 8 nitrogen and oxygen atoms in total. The van der Waals surface area contributed by atoms with E-state index in [1.807, 2.05) is 60.8 Å². The van der Waals surface area contributed by atoms with E-state index in [9.17, 15) is 9.59 Å². The molecule has 190 valence electrons. The van der Waals surface area contributed by atoms with Crippen molar-refractivity contribution < 1.29 is 14.3 Å². The Bertz CT molecular complexity index is 1110. The molecule has 0 aliphatic carbocycles. The molecular formula is C28H35N5O3. The molecular weight excluding hydrogens is 454 g/mol. The molecule has 1 aliphatic rings. The van der Waals surface area contributed by atoms with Gasteiger partial charge in [-0.15, -0.1) is 0 Å². The number of rotatable bonds is 7. The lowest BCUT2D eigenvalue weighted by atomic mass is 9.97. The zero-order valence-corrected chi connectivity index (χ0v) is 20.8. The minimum Gasteiger partial charge on any atom is -0.497 e. The maximum absolute atomic E-state index is 12.9. The van der Waals surface area contributed by atoms with Crippen molar-refractivity contribution in [1.82, 2.24) is 25.7 Å². The first-order valence-corrected chi connectivity index (χ1v) is 12.6. The van der Waals surface area contributed by atoms with Crippen molar-refractivity contribution in [3.63, 3.8) is 0 Å². The number of carbonyl (C=O) groups is 2. The number of ether oxygens (including phenoxy) is 1. The van der Waals surface area contributed by atoms with Crippen LogP contribution in [0.5, 0.6) is 5.75 Å². The summed E-state index contributed by atoms with van der Waals surface area (Å²) in [6.07, 6.45) is 4.60. The third kappa shape index (κ3) is 7.18. The number of hydrogen-bond acceptors (Lipinski definition) is 5. The molecule has 1 fully saturated rings. The van der Waals surface area contributed by atoms with Crippen LogP contribution in [0.4, 0.5) is 0 Å². The highest BCUT2D eigenvalue weighted by atomic mass is 16.5. The normalized spacial score (nSPS) is 17.6. The van der Waals surface area contributed by atoms with Crippen LogP contribution in [0.15, 0.2) is 60.8 Å². The molecule has 0 bridgehead atoms. The van der Waals surface area contributed by atoms with Gasteiger partial charge < -0.3 is 15.4 Å². The molecule has 2 aromatic carbocycles. The summed E-state index contributed by atoms with van der Waals surface area (Å²) in [6, 6.07) is 17.8. The first kappa shape index (κ1) is 25.4. The highest BCUT2D eigenvalue weighted by molar-refractivity contribution is 5.79. The minimum atomic E-state index is -0.127. The SMILES string of the molecule is COc1ccc(-c2[nH]ncc2CN2CCCC(C(=O)NCc3ccccc3)CCNC(=O)CC2)cc1. The van der Waals surface area contributed by atoms with E-state index in [1.165, 1.54) is 0 Å². The molecule has 1 unspecified atom stereocenters. The van der Waals surface area contributed by atoms with E-state index in [0.717, 1.165) is 47.5 Å². The number of aromatic amines is 1. The van der Waals surface area contributed by atoms with Crippen LogP contribution in [-0.4, -0.2) is 53.7 Å². The summed E-state index contributed by atoms with van der Waals surface area (Å²) in [6.45, 7) is 3.18. The summed E-state index contributed by atoms with van der Waals surface area (Å²) in [7, 11) is 1.65. The van der Waals surface area contributed by atoms with E-state index in [4.69, 9.17) is 4.74 Å². The van der Waals surface area contributed by atoms with Crippen molar-refractivity contribution in [2.75, 3.05) is 26.7 Å². The van der Waals surface area contributed by atoms with Crippen molar-refractivity contribution in [2.24, 2.45) is 5.92 Å². The first-order valence-electron chi connectivity index (χ1n) is 12.6. The zero-order chi connectivity index (χ0) is 25.2. The van der Waals surface area contributed by atoms with Gasteiger partial charge in [-0.05, 0) is 55.6 Å². The number of benzene rings is 2. The number of amides is 2. The number of nitrogens with zero attached hydrogens (tertiary/aromatic N) is 2. The number of carbonyl (C=O) groups excluding carboxylic acids is 2. The van der Waals surface area contributed by atoms with Crippen LogP contribution >= 0.6 is 0 Å². The number of aromatic nitrogens is 2. The number of hydrogen-bond donors (Lipinski definition) is 3. The minimum absolute atomic E-state index is 0.0212.